The van der Waals surface area contributed by atoms with E-state index >= 15 is 0 Å². The predicted molar refractivity (Wildman–Crippen MR) is 73.9 cm³/mol. The molecule has 5 nitrogen and oxygen atoms in total. The fourth-order valence-corrected chi connectivity index (χ4v) is 1.65. The Bertz CT molecular complexity index is 640. The summed E-state index contributed by atoms with van der Waals surface area (Å²) in [6.07, 6.45) is 3.10. The van der Waals surface area contributed by atoms with Gasteiger partial charge in [-0.2, -0.15) is 5.10 Å². The number of halogens is 1. The van der Waals surface area contributed by atoms with Gasteiger partial charge >= 0.3 is 0 Å². The molecule has 0 atom stereocenters. The van der Waals surface area contributed by atoms with Crippen LogP contribution in [0.3, 0.4) is 0 Å². The van der Waals surface area contributed by atoms with Crippen LogP contribution in [0.1, 0.15) is 15.9 Å². The van der Waals surface area contributed by atoms with Gasteiger partial charge in [-0.25, -0.2) is 0 Å². The summed E-state index contributed by atoms with van der Waals surface area (Å²) in [7, 11) is 0. The SMILES string of the molecule is NCC#Cc1ccc(C(=O)Nc2cn[nH]c2)cc1Cl. The molecule has 0 spiro atoms. The maximum Gasteiger partial charge on any atom is 0.255 e. The van der Waals surface area contributed by atoms with Crippen LogP contribution < -0.4 is 11.1 Å². The number of amides is 1. The molecule has 1 aromatic carbocycles. The number of benzene rings is 1. The topological polar surface area (TPSA) is 83.8 Å². The number of nitrogens with two attached hydrogens (primary N) is 1. The second kappa shape index (κ2) is 6.05. The minimum Gasteiger partial charge on any atom is -0.320 e. The lowest BCUT2D eigenvalue weighted by Crippen LogP contribution is -2.11. The van der Waals surface area contributed by atoms with Crippen molar-refractivity contribution in [1.29, 1.82) is 0 Å². The Labute approximate surface area is 115 Å². The second-order valence-corrected chi connectivity index (χ2v) is 4.05. The zero-order valence-corrected chi connectivity index (χ0v) is 10.7. The number of hydrogen-bond donors (Lipinski definition) is 3. The molecule has 0 bridgehead atoms. The number of aromatic nitrogens is 2. The maximum absolute atomic E-state index is 11.9. The summed E-state index contributed by atoms with van der Waals surface area (Å²) in [6.45, 7) is 0.263. The highest BCUT2D eigenvalue weighted by molar-refractivity contribution is 6.32. The molecule has 0 fully saturated rings. The Kier molecular flexibility index (Phi) is 4.18. The number of carbonyl (C=O) groups is 1. The van der Waals surface area contributed by atoms with Crippen LogP contribution in [-0.2, 0) is 0 Å². The van der Waals surface area contributed by atoms with Crippen molar-refractivity contribution < 1.29 is 4.79 Å². The third-order valence-corrected chi connectivity index (χ3v) is 2.63. The summed E-state index contributed by atoms with van der Waals surface area (Å²) in [5, 5.41) is 9.45. The lowest BCUT2D eigenvalue weighted by molar-refractivity contribution is 0.102. The van der Waals surface area contributed by atoms with Crippen molar-refractivity contribution in [3.63, 3.8) is 0 Å². The summed E-state index contributed by atoms with van der Waals surface area (Å²) in [5.41, 5.74) is 6.98. The van der Waals surface area contributed by atoms with Crippen molar-refractivity contribution in [2.24, 2.45) is 5.73 Å². The Morgan fingerprint density at radius 3 is 3.00 bits per heavy atom. The normalized spacial score (nSPS) is 9.58. The summed E-state index contributed by atoms with van der Waals surface area (Å²) >= 11 is 6.05. The van der Waals surface area contributed by atoms with Gasteiger partial charge in [-0.3, -0.25) is 9.89 Å². The van der Waals surface area contributed by atoms with Gasteiger partial charge in [0.25, 0.3) is 5.91 Å². The smallest absolute Gasteiger partial charge is 0.255 e. The summed E-state index contributed by atoms with van der Waals surface area (Å²) in [6, 6.07) is 4.91. The third kappa shape index (κ3) is 3.35. The largest absolute Gasteiger partial charge is 0.320 e. The number of rotatable bonds is 2. The van der Waals surface area contributed by atoms with Crippen LogP contribution in [0.25, 0.3) is 0 Å². The number of H-pyrrole nitrogens is 1. The van der Waals surface area contributed by atoms with Crippen LogP contribution in [0, 0.1) is 11.8 Å². The van der Waals surface area contributed by atoms with Gasteiger partial charge in [-0.15, -0.1) is 0 Å². The molecule has 1 heterocycles. The fraction of sp³-hybridized carbons (Fsp3) is 0.0769. The zero-order chi connectivity index (χ0) is 13.7. The van der Waals surface area contributed by atoms with E-state index in [1.807, 2.05) is 0 Å². The third-order valence-electron chi connectivity index (χ3n) is 2.31. The zero-order valence-electron chi connectivity index (χ0n) is 9.90. The van der Waals surface area contributed by atoms with E-state index in [0.717, 1.165) is 0 Å². The van der Waals surface area contributed by atoms with E-state index in [-0.39, 0.29) is 12.5 Å². The molecule has 2 aromatic rings. The number of carbonyl (C=O) groups excluding carboxylic acids is 1. The molecule has 1 aromatic heterocycles. The van der Waals surface area contributed by atoms with E-state index in [2.05, 4.69) is 27.4 Å². The monoisotopic (exact) mass is 274 g/mol. The number of nitrogens with zero attached hydrogens (tertiary/aromatic N) is 1. The minimum absolute atomic E-state index is 0.262. The van der Waals surface area contributed by atoms with E-state index in [9.17, 15) is 4.79 Å². The maximum atomic E-state index is 11.9. The number of anilines is 1. The molecule has 0 saturated carbocycles. The highest BCUT2D eigenvalue weighted by Gasteiger charge is 2.08. The molecule has 4 N–H and O–H groups in total. The first kappa shape index (κ1) is 13.1. The highest BCUT2D eigenvalue weighted by Crippen LogP contribution is 2.18. The quantitative estimate of drug-likeness (QED) is 0.728. The fourth-order valence-electron chi connectivity index (χ4n) is 1.43. The Morgan fingerprint density at radius 2 is 2.37 bits per heavy atom. The van der Waals surface area contributed by atoms with Gasteiger partial charge in [0.15, 0.2) is 0 Å². The van der Waals surface area contributed by atoms with Crippen molar-refractivity contribution in [3.8, 4) is 11.8 Å². The molecule has 0 unspecified atom stereocenters. The minimum atomic E-state index is -0.262. The molecule has 19 heavy (non-hydrogen) atoms. The van der Waals surface area contributed by atoms with Crippen LogP contribution >= 0.6 is 11.6 Å². The molecule has 1 amide bonds. The van der Waals surface area contributed by atoms with Crippen LogP contribution in [0.2, 0.25) is 5.02 Å². The van der Waals surface area contributed by atoms with Crippen molar-refractivity contribution in [1.82, 2.24) is 10.2 Å². The van der Waals surface area contributed by atoms with Gasteiger partial charge in [-0.1, -0.05) is 23.4 Å². The molecular weight excluding hydrogens is 264 g/mol. The van der Waals surface area contributed by atoms with E-state index in [1.54, 1.807) is 24.4 Å². The van der Waals surface area contributed by atoms with E-state index in [1.165, 1.54) is 6.20 Å². The standard InChI is InChI=1S/C13H11ClN4O/c14-12-6-10(4-3-9(12)2-1-5-15)13(19)18-11-7-16-17-8-11/h3-4,6-8H,5,15H2,(H,16,17)(H,18,19). The summed E-state index contributed by atoms with van der Waals surface area (Å²) in [5.74, 6) is 5.28. The molecule has 6 heteroatoms. The van der Waals surface area contributed by atoms with Gasteiger partial charge in [-0.05, 0) is 18.2 Å². The van der Waals surface area contributed by atoms with Crippen LogP contribution in [0.5, 0.6) is 0 Å². The lowest BCUT2D eigenvalue weighted by atomic mass is 10.1. The number of aromatic amines is 1. The molecular formula is C13H11ClN4O. The van der Waals surface area contributed by atoms with Gasteiger partial charge in [0.1, 0.15) is 0 Å². The summed E-state index contributed by atoms with van der Waals surface area (Å²) in [4.78, 5) is 11.9. The van der Waals surface area contributed by atoms with E-state index in [0.29, 0.717) is 21.8 Å². The average molecular weight is 275 g/mol. The molecule has 96 valence electrons. The van der Waals surface area contributed by atoms with Crippen molar-refractivity contribution >= 4 is 23.2 Å². The number of nitrogens with one attached hydrogen (secondary N) is 2. The first-order valence-corrected chi connectivity index (χ1v) is 5.87. The molecule has 0 aliphatic heterocycles. The van der Waals surface area contributed by atoms with Gasteiger partial charge in [0.05, 0.1) is 23.5 Å². The van der Waals surface area contributed by atoms with Crippen molar-refractivity contribution in [3.05, 3.63) is 46.7 Å². The molecule has 0 radical (unpaired) electrons. The second-order valence-electron chi connectivity index (χ2n) is 3.64. The molecule has 0 saturated heterocycles. The number of hydrogen-bond acceptors (Lipinski definition) is 3. The first-order valence-electron chi connectivity index (χ1n) is 5.49. The van der Waals surface area contributed by atoms with E-state index < -0.39 is 0 Å². The van der Waals surface area contributed by atoms with Crippen molar-refractivity contribution in [2.75, 3.05) is 11.9 Å². The Hall–Kier alpha value is -2.29. The van der Waals surface area contributed by atoms with Crippen LogP contribution in [0.15, 0.2) is 30.6 Å². The molecule has 2 rings (SSSR count). The van der Waals surface area contributed by atoms with Crippen LogP contribution in [0.4, 0.5) is 5.69 Å². The van der Waals surface area contributed by atoms with Gasteiger partial charge < -0.3 is 11.1 Å². The van der Waals surface area contributed by atoms with E-state index in [4.69, 9.17) is 17.3 Å². The van der Waals surface area contributed by atoms with Crippen LogP contribution in [-0.4, -0.2) is 22.6 Å². The summed E-state index contributed by atoms with van der Waals surface area (Å²) < 4.78 is 0. The molecule has 0 aliphatic rings. The lowest BCUT2D eigenvalue weighted by Gasteiger charge is -2.04. The van der Waals surface area contributed by atoms with Gasteiger partial charge in [0.2, 0.25) is 0 Å². The first-order chi connectivity index (χ1) is 9.20. The molecule has 0 aliphatic carbocycles. The Morgan fingerprint density at radius 1 is 1.53 bits per heavy atom. The predicted octanol–water partition coefficient (Wildman–Crippen LogP) is 1.63. The highest BCUT2D eigenvalue weighted by atomic mass is 35.5. The van der Waals surface area contributed by atoms with Crippen molar-refractivity contribution in [2.45, 2.75) is 0 Å². The average Bonchev–Trinajstić information content (AvgIpc) is 2.90. The Balaban J connectivity index is 2.17. The van der Waals surface area contributed by atoms with Gasteiger partial charge in [0, 0.05) is 17.3 Å².